The van der Waals surface area contributed by atoms with E-state index in [1.54, 1.807) is 0 Å². The van der Waals surface area contributed by atoms with Gasteiger partial charge in [0.1, 0.15) is 0 Å². The summed E-state index contributed by atoms with van der Waals surface area (Å²) in [6.07, 6.45) is 0. The molecule has 0 bridgehead atoms. The van der Waals surface area contributed by atoms with Crippen LogP contribution in [0.3, 0.4) is 0 Å². The Balaban J connectivity index is 2.27. The third-order valence-corrected chi connectivity index (χ3v) is 2.62. The van der Waals surface area contributed by atoms with Crippen molar-refractivity contribution in [1.29, 1.82) is 0 Å². The molecule has 20 heavy (non-hydrogen) atoms. The van der Waals surface area contributed by atoms with Crippen LogP contribution in [-0.2, 0) is 16.8 Å². The van der Waals surface area contributed by atoms with E-state index in [0.29, 0.717) is 19.6 Å². The highest BCUT2D eigenvalue weighted by Crippen LogP contribution is 2.19. The standard InChI is InChI=1S/C13H23N5O2/c1-9(19)14-5-6-15-12(20)16-8-10-7-11(18-17-10)13(2,3)4/h7H,5-6,8H2,1-4H3,(H,14,19)(H,17,18)(H2,15,16,20). The first kappa shape index (κ1) is 16.0. The number of urea groups is 1. The molecule has 0 aliphatic heterocycles. The Morgan fingerprint density at radius 2 is 1.85 bits per heavy atom. The zero-order chi connectivity index (χ0) is 15.2. The van der Waals surface area contributed by atoms with Crippen LogP contribution in [0.5, 0.6) is 0 Å². The van der Waals surface area contributed by atoms with Gasteiger partial charge < -0.3 is 16.0 Å². The molecule has 112 valence electrons. The average Bonchev–Trinajstić information content (AvgIpc) is 2.80. The average molecular weight is 281 g/mol. The smallest absolute Gasteiger partial charge is 0.315 e. The molecule has 1 rings (SSSR count). The topological polar surface area (TPSA) is 98.9 Å². The van der Waals surface area contributed by atoms with Crippen LogP contribution in [0.25, 0.3) is 0 Å². The number of carbonyl (C=O) groups excluding carboxylic acids is 2. The molecule has 0 radical (unpaired) electrons. The van der Waals surface area contributed by atoms with Crippen molar-refractivity contribution in [2.24, 2.45) is 0 Å². The monoisotopic (exact) mass is 281 g/mol. The highest BCUT2D eigenvalue weighted by atomic mass is 16.2. The summed E-state index contributed by atoms with van der Waals surface area (Å²) in [6.45, 7) is 8.86. The molecule has 1 aromatic heterocycles. The van der Waals surface area contributed by atoms with Crippen molar-refractivity contribution < 1.29 is 9.59 Å². The van der Waals surface area contributed by atoms with E-state index < -0.39 is 0 Å². The highest BCUT2D eigenvalue weighted by Gasteiger charge is 2.17. The van der Waals surface area contributed by atoms with Crippen molar-refractivity contribution in [1.82, 2.24) is 26.1 Å². The molecule has 0 saturated heterocycles. The summed E-state index contributed by atoms with van der Waals surface area (Å²) in [7, 11) is 0. The maximum absolute atomic E-state index is 11.5. The predicted molar refractivity (Wildman–Crippen MR) is 76.2 cm³/mol. The SMILES string of the molecule is CC(=O)NCCNC(=O)NCc1cc(C(C)(C)C)n[nH]1. The molecule has 0 unspecified atom stereocenters. The maximum atomic E-state index is 11.5. The van der Waals surface area contributed by atoms with Crippen molar-refractivity contribution >= 4 is 11.9 Å². The Morgan fingerprint density at radius 3 is 2.40 bits per heavy atom. The number of aromatic amines is 1. The minimum atomic E-state index is -0.276. The number of nitrogens with one attached hydrogen (secondary N) is 4. The fraction of sp³-hybridized carbons (Fsp3) is 0.615. The van der Waals surface area contributed by atoms with Crippen LogP contribution < -0.4 is 16.0 Å². The third-order valence-electron chi connectivity index (χ3n) is 2.62. The summed E-state index contributed by atoms with van der Waals surface area (Å²) in [5, 5.41) is 15.1. The van der Waals surface area contributed by atoms with Crippen LogP contribution in [-0.4, -0.2) is 35.2 Å². The van der Waals surface area contributed by atoms with Gasteiger partial charge in [-0.1, -0.05) is 20.8 Å². The number of H-pyrrole nitrogens is 1. The van der Waals surface area contributed by atoms with Crippen molar-refractivity contribution in [3.05, 3.63) is 17.5 Å². The van der Waals surface area contributed by atoms with Crippen LogP contribution in [0.2, 0.25) is 0 Å². The van der Waals surface area contributed by atoms with E-state index in [1.165, 1.54) is 6.92 Å². The first-order valence-corrected chi connectivity index (χ1v) is 6.60. The lowest BCUT2D eigenvalue weighted by Gasteiger charge is -2.13. The minimum absolute atomic E-state index is 0.0185. The highest BCUT2D eigenvalue weighted by molar-refractivity contribution is 5.74. The van der Waals surface area contributed by atoms with E-state index in [-0.39, 0.29) is 17.4 Å². The Kier molecular flexibility index (Phi) is 5.54. The van der Waals surface area contributed by atoms with Crippen LogP contribution >= 0.6 is 0 Å². The lowest BCUT2D eigenvalue weighted by atomic mass is 9.92. The second kappa shape index (κ2) is 6.93. The lowest BCUT2D eigenvalue weighted by molar-refractivity contribution is -0.118. The van der Waals surface area contributed by atoms with Gasteiger partial charge in [0.2, 0.25) is 5.91 Å². The summed E-state index contributed by atoms with van der Waals surface area (Å²) in [5.41, 5.74) is 1.79. The van der Waals surface area contributed by atoms with E-state index >= 15 is 0 Å². The number of nitrogens with zero attached hydrogens (tertiary/aromatic N) is 1. The Bertz CT molecular complexity index is 462. The predicted octanol–water partition coefficient (Wildman–Crippen LogP) is 0.643. The zero-order valence-electron chi connectivity index (χ0n) is 12.5. The van der Waals surface area contributed by atoms with E-state index in [1.807, 2.05) is 6.07 Å². The summed E-state index contributed by atoms with van der Waals surface area (Å²) in [6, 6.07) is 1.67. The van der Waals surface area contributed by atoms with E-state index in [0.717, 1.165) is 11.4 Å². The van der Waals surface area contributed by atoms with E-state index in [9.17, 15) is 9.59 Å². The number of carbonyl (C=O) groups is 2. The molecule has 0 aliphatic carbocycles. The second-order valence-electron chi connectivity index (χ2n) is 5.62. The summed E-state index contributed by atoms with van der Waals surface area (Å²) in [4.78, 5) is 22.1. The molecule has 0 aromatic carbocycles. The second-order valence-corrected chi connectivity index (χ2v) is 5.62. The largest absolute Gasteiger partial charge is 0.355 e. The van der Waals surface area contributed by atoms with Crippen LogP contribution in [0.1, 0.15) is 39.1 Å². The first-order valence-electron chi connectivity index (χ1n) is 6.60. The van der Waals surface area contributed by atoms with Crippen molar-refractivity contribution in [2.45, 2.75) is 39.7 Å². The van der Waals surface area contributed by atoms with Gasteiger partial charge in [0.15, 0.2) is 0 Å². The molecule has 1 aromatic rings. The molecule has 1 heterocycles. The number of amides is 3. The molecule has 0 saturated carbocycles. The van der Waals surface area contributed by atoms with Crippen molar-refractivity contribution in [3.8, 4) is 0 Å². The first-order chi connectivity index (χ1) is 9.29. The van der Waals surface area contributed by atoms with Crippen molar-refractivity contribution in [3.63, 3.8) is 0 Å². The number of hydrogen-bond donors (Lipinski definition) is 4. The summed E-state index contributed by atoms with van der Waals surface area (Å²) >= 11 is 0. The van der Waals surface area contributed by atoms with Gasteiger partial charge in [-0.2, -0.15) is 5.10 Å². The van der Waals surface area contributed by atoms with Crippen molar-refractivity contribution in [2.75, 3.05) is 13.1 Å². The Labute approximate surface area is 118 Å². The molecular weight excluding hydrogens is 258 g/mol. The number of rotatable bonds is 5. The van der Waals surface area contributed by atoms with Crippen LogP contribution in [0.4, 0.5) is 4.79 Å². The van der Waals surface area contributed by atoms with E-state index in [4.69, 9.17) is 0 Å². The molecule has 0 spiro atoms. The van der Waals surface area contributed by atoms with Gasteiger partial charge in [-0.15, -0.1) is 0 Å². The molecule has 3 amide bonds. The molecule has 0 fully saturated rings. The Morgan fingerprint density at radius 1 is 1.20 bits per heavy atom. The molecule has 7 nitrogen and oxygen atoms in total. The number of hydrogen-bond acceptors (Lipinski definition) is 3. The van der Waals surface area contributed by atoms with Gasteiger partial charge in [0.05, 0.1) is 17.9 Å². The summed E-state index contributed by atoms with van der Waals surface area (Å²) < 4.78 is 0. The Hall–Kier alpha value is -2.05. The van der Waals surface area contributed by atoms with Gasteiger partial charge >= 0.3 is 6.03 Å². The quantitative estimate of drug-likeness (QED) is 0.596. The third kappa shape index (κ3) is 5.73. The fourth-order valence-corrected chi connectivity index (χ4v) is 1.49. The van der Waals surface area contributed by atoms with Crippen LogP contribution in [0.15, 0.2) is 6.07 Å². The van der Waals surface area contributed by atoms with Crippen LogP contribution in [0, 0.1) is 0 Å². The molecule has 0 aliphatic rings. The van der Waals surface area contributed by atoms with Gasteiger partial charge in [0, 0.05) is 25.4 Å². The minimum Gasteiger partial charge on any atom is -0.355 e. The fourth-order valence-electron chi connectivity index (χ4n) is 1.49. The molecule has 0 atom stereocenters. The van der Waals surface area contributed by atoms with E-state index in [2.05, 4.69) is 46.9 Å². The molecule has 7 heteroatoms. The molecular formula is C13H23N5O2. The van der Waals surface area contributed by atoms with Gasteiger partial charge in [-0.25, -0.2) is 4.79 Å². The molecule has 4 N–H and O–H groups in total. The van der Waals surface area contributed by atoms with Gasteiger partial charge in [-0.3, -0.25) is 9.89 Å². The normalized spacial score (nSPS) is 11.0. The number of aromatic nitrogens is 2. The zero-order valence-corrected chi connectivity index (χ0v) is 12.5. The lowest BCUT2D eigenvalue weighted by Crippen LogP contribution is -2.39. The van der Waals surface area contributed by atoms with Gasteiger partial charge in [0.25, 0.3) is 0 Å². The maximum Gasteiger partial charge on any atom is 0.315 e. The summed E-state index contributed by atoms with van der Waals surface area (Å²) in [5.74, 6) is -0.112. The van der Waals surface area contributed by atoms with Gasteiger partial charge in [-0.05, 0) is 6.07 Å².